The summed E-state index contributed by atoms with van der Waals surface area (Å²) in [7, 11) is 6.38. The van der Waals surface area contributed by atoms with Crippen LogP contribution in [0.15, 0.2) is 24.8 Å². The van der Waals surface area contributed by atoms with Gasteiger partial charge in [0.2, 0.25) is 0 Å². The maximum absolute atomic E-state index is 6.25. The smallest absolute Gasteiger partial charge is 0.0678 e. The minimum atomic E-state index is 0.750. The third kappa shape index (κ3) is 2.31. The predicted octanol–water partition coefficient (Wildman–Crippen LogP) is 4.49. The summed E-state index contributed by atoms with van der Waals surface area (Å²) in [5, 5.41) is 2.00. The van der Waals surface area contributed by atoms with Crippen molar-refractivity contribution in [1.29, 1.82) is 0 Å². The summed E-state index contributed by atoms with van der Waals surface area (Å²) in [4.78, 5) is 2.37. The highest BCUT2D eigenvalue weighted by molar-refractivity contribution is 6.36. The van der Waals surface area contributed by atoms with Crippen molar-refractivity contribution in [3.8, 4) is 0 Å². The summed E-state index contributed by atoms with van der Waals surface area (Å²) >= 11 is 6.25. The summed E-state index contributed by atoms with van der Waals surface area (Å²) in [6.45, 7) is 5.79. The largest absolute Gasteiger partial charge is 0.343 e. The zero-order chi connectivity index (χ0) is 15.4. The number of nitrogens with zero attached hydrogens (tertiary/aromatic N) is 2. The number of hydrogen-bond acceptors (Lipinski definition) is 1. The molecule has 1 heterocycles. The first kappa shape index (κ1) is 14.7. The average Bonchev–Trinajstić information content (AvgIpc) is 3.27. The zero-order valence-electron chi connectivity index (χ0n) is 13.3. The lowest BCUT2D eigenvalue weighted by atomic mass is 10.2. The Labute approximate surface area is 132 Å². The van der Waals surface area contributed by atoms with Crippen LogP contribution in [0.3, 0.4) is 0 Å². The summed E-state index contributed by atoms with van der Waals surface area (Å²) in [6.07, 6.45) is 4.81. The first-order valence-electron chi connectivity index (χ1n) is 7.45. The normalized spacial score (nSPS) is 25.3. The van der Waals surface area contributed by atoms with Gasteiger partial charge in [-0.3, -0.25) is 0 Å². The minimum Gasteiger partial charge on any atom is -0.343 e. The van der Waals surface area contributed by atoms with Crippen molar-refractivity contribution in [1.82, 2.24) is 9.47 Å². The summed E-state index contributed by atoms with van der Waals surface area (Å²) in [5.41, 5.74) is 4.03. The van der Waals surface area contributed by atoms with Crippen molar-refractivity contribution in [3.63, 3.8) is 0 Å². The van der Waals surface area contributed by atoms with Gasteiger partial charge in [-0.25, -0.2) is 0 Å². The van der Waals surface area contributed by atoms with Crippen LogP contribution >= 0.6 is 11.6 Å². The Bertz CT molecular complexity index is 706. The van der Waals surface area contributed by atoms with E-state index in [0.717, 1.165) is 38.6 Å². The molecule has 2 aliphatic rings. The summed E-state index contributed by atoms with van der Waals surface area (Å²) in [6, 6.07) is 6.22. The van der Waals surface area contributed by atoms with E-state index >= 15 is 0 Å². The third-order valence-electron chi connectivity index (χ3n) is 5.11. The monoisotopic (exact) mass is 302 g/mol. The Morgan fingerprint density at radius 3 is 2.43 bits per heavy atom. The van der Waals surface area contributed by atoms with Crippen LogP contribution in [0.5, 0.6) is 0 Å². The van der Waals surface area contributed by atoms with Gasteiger partial charge in [0.15, 0.2) is 0 Å². The fourth-order valence-corrected chi connectivity index (χ4v) is 3.42. The van der Waals surface area contributed by atoms with E-state index in [1.54, 1.807) is 0 Å². The standard InChI is InChI=1S/C12H12ClN.C6H11N/c1-4-10-7-9-6-5-8(2)11(13)12(9)14(10)3;1-7(2)6-3-5(6)4-6/h4-7H,1H2,2-3H3;5H,3-4H2,1-2H3. The van der Waals surface area contributed by atoms with Crippen LogP contribution in [0.4, 0.5) is 0 Å². The molecule has 2 saturated carbocycles. The number of halogens is 1. The van der Waals surface area contributed by atoms with E-state index in [0.29, 0.717) is 0 Å². The van der Waals surface area contributed by atoms with Crippen molar-refractivity contribution in [3.05, 3.63) is 41.1 Å². The molecule has 0 N–H and O–H groups in total. The molecule has 3 heteroatoms. The van der Waals surface area contributed by atoms with Crippen LogP contribution in [-0.4, -0.2) is 29.1 Å². The Kier molecular flexibility index (Phi) is 3.42. The molecule has 1 aromatic heterocycles. The van der Waals surface area contributed by atoms with Crippen molar-refractivity contribution in [2.45, 2.75) is 25.3 Å². The Morgan fingerprint density at radius 1 is 1.38 bits per heavy atom. The molecule has 21 heavy (non-hydrogen) atoms. The second-order valence-electron chi connectivity index (χ2n) is 6.57. The molecule has 0 radical (unpaired) electrons. The van der Waals surface area contributed by atoms with Crippen molar-refractivity contribution in [2.75, 3.05) is 14.1 Å². The van der Waals surface area contributed by atoms with Gasteiger partial charge >= 0.3 is 0 Å². The molecule has 0 spiro atoms. The number of hydrogen-bond donors (Lipinski definition) is 0. The maximum Gasteiger partial charge on any atom is 0.0678 e. The van der Waals surface area contributed by atoms with E-state index in [4.69, 9.17) is 11.6 Å². The molecule has 0 amide bonds. The Hall–Kier alpha value is -1.25. The fraction of sp³-hybridized carbons (Fsp3) is 0.444. The molecule has 4 rings (SSSR count). The van der Waals surface area contributed by atoms with Crippen LogP contribution in [0, 0.1) is 12.8 Å². The van der Waals surface area contributed by atoms with E-state index in [1.807, 2.05) is 26.1 Å². The quantitative estimate of drug-likeness (QED) is 0.793. The molecule has 0 aliphatic heterocycles. The van der Waals surface area contributed by atoms with Crippen LogP contribution in [0.25, 0.3) is 17.0 Å². The SMILES string of the molecule is C=Cc1cc2ccc(C)c(Cl)c2n1C.CN(C)C12CC1C2. The molecule has 0 unspecified atom stereocenters. The van der Waals surface area contributed by atoms with Crippen LogP contribution < -0.4 is 0 Å². The third-order valence-corrected chi connectivity index (χ3v) is 5.58. The molecule has 2 nitrogen and oxygen atoms in total. The van der Waals surface area contributed by atoms with Gasteiger partial charge in [-0.1, -0.05) is 30.3 Å². The van der Waals surface area contributed by atoms with Gasteiger partial charge in [0.25, 0.3) is 0 Å². The van der Waals surface area contributed by atoms with Gasteiger partial charge in [0, 0.05) is 23.7 Å². The van der Waals surface area contributed by atoms with Crippen LogP contribution in [0.2, 0.25) is 5.02 Å². The number of benzene rings is 1. The van der Waals surface area contributed by atoms with Crippen molar-refractivity contribution >= 4 is 28.6 Å². The van der Waals surface area contributed by atoms with E-state index in [9.17, 15) is 0 Å². The van der Waals surface area contributed by atoms with Crippen LogP contribution in [-0.2, 0) is 7.05 Å². The molecule has 1 aromatic carbocycles. The number of aromatic nitrogens is 1. The lowest BCUT2D eigenvalue weighted by Gasteiger charge is -2.11. The Morgan fingerprint density at radius 2 is 2.00 bits per heavy atom. The van der Waals surface area contributed by atoms with Crippen LogP contribution in [0.1, 0.15) is 24.1 Å². The van der Waals surface area contributed by atoms with E-state index in [1.165, 1.54) is 12.8 Å². The molecule has 0 atom stereocenters. The van der Waals surface area contributed by atoms with Gasteiger partial charge in [-0.15, -0.1) is 0 Å². The summed E-state index contributed by atoms with van der Waals surface area (Å²) in [5.74, 6) is 1.11. The van der Waals surface area contributed by atoms with Gasteiger partial charge in [-0.05, 0) is 57.5 Å². The number of fused-ring (bicyclic) bond motifs is 2. The first-order valence-corrected chi connectivity index (χ1v) is 7.83. The molecule has 0 bridgehead atoms. The highest BCUT2D eigenvalue weighted by Crippen LogP contribution is 2.69. The molecule has 2 aromatic rings. The molecular weight excluding hydrogens is 280 g/mol. The average molecular weight is 303 g/mol. The molecule has 0 saturated heterocycles. The fourth-order valence-electron chi connectivity index (χ4n) is 3.12. The maximum atomic E-state index is 6.25. The second kappa shape index (κ2) is 4.89. The first-order chi connectivity index (χ1) is 9.90. The Balaban J connectivity index is 0.000000156. The van der Waals surface area contributed by atoms with Gasteiger partial charge in [-0.2, -0.15) is 0 Å². The topological polar surface area (TPSA) is 8.17 Å². The lowest BCUT2D eigenvalue weighted by Crippen LogP contribution is -2.20. The van der Waals surface area contributed by atoms with Crippen molar-refractivity contribution < 1.29 is 0 Å². The predicted molar refractivity (Wildman–Crippen MR) is 91.9 cm³/mol. The molecule has 2 aliphatic carbocycles. The molecular formula is C18H23ClN2. The molecule has 112 valence electrons. The lowest BCUT2D eigenvalue weighted by molar-refractivity contribution is 0.334. The van der Waals surface area contributed by atoms with E-state index < -0.39 is 0 Å². The minimum absolute atomic E-state index is 0.750. The highest BCUT2D eigenvalue weighted by Gasteiger charge is 2.70. The molecule has 2 fully saturated rings. The van der Waals surface area contributed by atoms with Gasteiger partial charge in [0.05, 0.1) is 10.5 Å². The van der Waals surface area contributed by atoms with Gasteiger partial charge < -0.3 is 9.47 Å². The van der Waals surface area contributed by atoms with Gasteiger partial charge in [0.1, 0.15) is 0 Å². The van der Waals surface area contributed by atoms with E-state index in [-0.39, 0.29) is 0 Å². The summed E-state index contributed by atoms with van der Waals surface area (Å²) < 4.78 is 2.07. The van der Waals surface area contributed by atoms with E-state index in [2.05, 4.69) is 42.3 Å². The number of rotatable bonds is 2. The second-order valence-corrected chi connectivity index (χ2v) is 6.95. The highest BCUT2D eigenvalue weighted by atomic mass is 35.5. The zero-order valence-corrected chi connectivity index (χ0v) is 14.0. The number of aryl methyl sites for hydroxylation is 2. The van der Waals surface area contributed by atoms with Crippen molar-refractivity contribution in [2.24, 2.45) is 13.0 Å².